The molecule has 0 aliphatic heterocycles. The van der Waals surface area contributed by atoms with E-state index in [1.54, 1.807) is 41.1 Å². The molecule has 0 atom stereocenters. The maximum Gasteiger partial charge on any atom is 0.266 e. The average Bonchev–Trinajstić information content (AvgIpc) is 2.99. The first-order valence-electron chi connectivity index (χ1n) is 7.76. The lowest BCUT2D eigenvalue weighted by molar-refractivity contribution is -0.112. The van der Waals surface area contributed by atoms with E-state index in [-0.39, 0.29) is 12.1 Å². The van der Waals surface area contributed by atoms with Crippen LogP contribution in [0.1, 0.15) is 5.56 Å². The van der Waals surface area contributed by atoms with Gasteiger partial charge in [-0.1, -0.05) is 34.1 Å². The van der Waals surface area contributed by atoms with Crippen LogP contribution in [0.5, 0.6) is 0 Å². The van der Waals surface area contributed by atoms with Crippen LogP contribution >= 0.6 is 15.9 Å². The molecule has 26 heavy (non-hydrogen) atoms. The van der Waals surface area contributed by atoms with Gasteiger partial charge in [0.05, 0.1) is 6.07 Å². The molecule has 126 valence electrons. The van der Waals surface area contributed by atoms with E-state index < -0.39 is 5.91 Å². The van der Waals surface area contributed by atoms with Crippen LogP contribution in [0.25, 0.3) is 17.0 Å². The summed E-state index contributed by atoms with van der Waals surface area (Å²) in [5.74, 6) is -0.480. The van der Waals surface area contributed by atoms with Crippen molar-refractivity contribution in [3.8, 4) is 12.1 Å². The first-order chi connectivity index (χ1) is 12.6. The van der Waals surface area contributed by atoms with Gasteiger partial charge >= 0.3 is 0 Å². The lowest BCUT2D eigenvalue weighted by atomic mass is 10.1. The molecular weight excluding hydrogens is 392 g/mol. The van der Waals surface area contributed by atoms with E-state index in [1.807, 2.05) is 30.3 Å². The Labute approximate surface area is 158 Å². The van der Waals surface area contributed by atoms with Gasteiger partial charge in [0.2, 0.25) is 0 Å². The first-order valence-corrected chi connectivity index (χ1v) is 8.55. The zero-order valence-corrected chi connectivity index (χ0v) is 15.2. The third kappa shape index (κ3) is 3.66. The summed E-state index contributed by atoms with van der Waals surface area (Å²) in [4.78, 5) is 12.4. The molecule has 0 aliphatic rings. The van der Waals surface area contributed by atoms with Crippen LogP contribution in [-0.2, 0) is 11.3 Å². The lowest BCUT2D eigenvalue weighted by Gasteiger charge is -2.04. The molecule has 0 saturated carbocycles. The molecule has 1 heterocycles. The van der Waals surface area contributed by atoms with E-state index in [4.69, 9.17) is 5.26 Å². The minimum atomic E-state index is -0.480. The number of amides is 1. The Morgan fingerprint density at radius 3 is 2.58 bits per heavy atom. The van der Waals surface area contributed by atoms with Crippen LogP contribution in [0.3, 0.4) is 0 Å². The highest BCUT2D eigenvalue weighted by Gasteiger charge is 2.12. The predicted molar refractivity (Wildman–Crippen MR) is 104 cm³/mol. The molecule has 0 radical (unpaired) electrons. The normalized spacial score (nSPS) is 11.0. The molecule has 0 spiro atoms. The van der Waals surface area contributed by atoms with Crippen molar-refractivity contribution in [3.63, 3.8) is 0 Å². The van der Waals surface area contributed by atoms with Gasteiger partial charge in [-0.2, -0.15) is 10.5 Å². The molecule has 0 bridgehead atoms. The van der Waals surface area contributed by atoms with E-state index in [1.165, 1.54) is 0 Å². The second-order valence-corrected chi connectivity index (χ2v) is 6.43. The maximum absolute atomic E-state index is 12.4. The number of hydrogen-bond acceptors (Lipinski definition) is 3. The number of nitrogens with zero attached hydrogens (tertiary/aromatic N) is 3. The largest absolute Gasteiger partial charge is 0.333 e. The Bertz CT molecular complexity index is 1080. The summed E-state index contributed by atoms with van der Waals surface area (Å²) in [5, 5.41) is 22.0. The Balaban J connectivity index is 1.95. The molecular formula is C20H13BrN4O. The summed E-state index contributed by atoms with van der Waals surface area (Å²) in [5.41, 5.74) is 2.20. The van der Waals surface area contributed by atoms with Crippen molar-refractivity contribution >= 4 is 44.5 Å². The monoisotopic (exact) mass is 404 g/mol. The molecule has 0 aliphatic carbocycles. The average molecular weight is 405 g/mol. The first kappa shape index (κ1) is 17.5. The van der Waals surface area contributed by atoms with Gasteiger partial charge in [-0.3, -0.25) is 4.79 Å². The van der Waals surface area contributed by atoms with Crippen LogP contribution in [0.2, 0.25) is 0 Å². The maximum atomic E-state index is 12.4. The number of aromatic nitrogens is 1. The molecule has 3 rings (SSSR count). The van der Waals surface area contributed by atoms with Crippen molar-refractivity contribution in [1.29, 1.82) is 10.5 Å². The molecule has 1 aromatic heterocycles. The molecule has 3 aromatic rings. The smallest absolute Gasteiger partial charge is 0.266 e. The Morgan fingerprint density at radius 2 is 1.88 bits per heavy atom. The van der Waals surface area contributed by atoms with Gasteiger partial charge in [-0.15, -0.1) is 0 Å². The second kappa shape index (κ2) is 7.69. The van der Waals surface area contributed by atoms with Crippen LogP contribution in [-0.4, -0.2) is 10.5 Å². The van der Waals surface area contributed by atoms with Crippen LogP contribution in [0.4, 0.5) is 5.69 Å². The molecule has 0 fully saturated rings. The number of fused-ring (bicyclic) bond motifs is 1. The molecule has 5 nitrogen and oxygen atoms in total. The van der Waals surface area contributed by atoms with Crippen molar-refractivity contribution < 1.29 is 4.79 Å². The van der Waals surface area contributed by atoms with Crippen LogP contribution in [0.15, 0.2) is 64.8 Å². The number of halogens is 1. The Morgan fingerprint density at radius 1 is 1.15 bits per heavy atom. The standard InChI is InChI=1S/C20H13BrN4O/c21-16-5-7-17(8-6-16)24-20(26)14(12-23)11-15-13-25(10-9-22)19-4-2-1-3-18(15)19/h1-8,11,13H,10H2,(H,24,26)/b14-11-. The van der Waals surface area contributed by atoms with Gasteiger partial charge in [0.1, 0.15) is 18.2 Å². The summed E-state index contributed by atoms with van der Waals surface area (Å²) in [7, 11) is 0. The quantitative estimate of drug-likeness (QED) is 0.514. The Hall–Kier alpha value is -3.35. The fourth-order valence-electron chi connectivity index (χ4n) is 2.63. The summed E-state index contributed by atoms with van der Waals surface area (Å²) >= 11 is 3.33. The number of anilines is 1. The van der Waals surface area contributed by atoms with E-state index in [0.29, 0.717) is 5.69 Å². The third-order valence-electron chi connectivity index (χ3n) is 3.83. The summed E-state index contributed by atoms with van der Waals surface area (Å²) in [6, 6.07) is 18.7. The van der Waals surface area contributed by atoms with Gasteiger partial charge in [-0.05, 0) is 36.4 Å². The fraction of sp³-hybridized carbons (Fsp3) is 0.0500. The van der Waals surface area contributed by atoms with E-state index in [9.17, 15) is 10.1 Å². The number of nitrogens with one attached hydrogen (secondary N) is 1. The SMILES string of the molecule is N#CCn1cc(/C=C(/C#N)C(=O)Nc2ccc(Br)cc2)c2ccccc21. The topological polar surface area (TPSA) is 81.6 Å². The summed E-state index contributed by atoms with van der Waals surface area (Å²) in [6.45, 7) is 0.196. The van der Waals surface area contributed by atoms with E-state index in [2.05, 4.69) is 27.3 Å². The van der Waals surface area contributed by atoms with Crippen molar-refractivity contribution in [1.82, 2.24) is 4.57 Å². The number of benzene rings is 2. The highest BCUT2D eigenvalue weighted by atomic mass is 79.9. The number of nitriles is 2. The second-order valence-electron chi connectivity index (χ2n) is 5.52. The molecule has 1 N–H and O–H groups in total. The molecule has 0 unspecified atom stereocenters. The van der Waals surface area contributed by atoms with Crippen molar-refractivity contribution in [3.05, 3.63) is 70.3 Å². The van der Waals surface area contributed by atoms with Gasteiger partial charge in [0, 0.05) is 32.8 Å². The minimum absolute atomic E-state index is 0.00669. The van der Waals surface area contributed by atoms with Gasteiger partial charge in [0.15, 0.2) is 0 Å². The van der Waals surface area contributed by atoms with Crippen LogP contribution < -0.4 is 5.32 Å². The molecule has 1 amide bonds. The number of hydrogen-bond donors (Lipinski definition) is 1. The fourth-order valence-corrected chi connectivity index (χ4v) is 2.90. The van der Waals surface area contributed by atoms with E-state index in [0.717, 1.165) is 20.9 Å². The van der Waals surface area contributed by atoms with Crippen molar-refractivity contribution in [2.45, 2.75) is 6.54 Å². The zero-order valence-electron chi connectivity index (χ0n) is 13.6. The highest BCUT2D eigenvalue weighted by Crippen LogP contribution is 2.24. The molecule has 6 heteroatoms. The van der Waals surface area contributed by atoms with Gasteiger partial charge < -0.3 is 9.88 Å². The van der Waals surface area contributed by atoms with Crippen LogP contribution in [0, 0.1) is 22.7 Å². The summed E-state index contributed by atoms with van der Waals surface area (Å²) < 4.78 is 2.69. The summed E-state index contributed by atoms with van der Waals surface area (Å²) in [6.07, 6.45) is 3.32. The molecule has 2 aromatic carbocycles. The van der Waals surface area contributed by atoms with E-state index >= 15 is 0 Å². The van der Waals surface area contributed by atoms with Gasteiger partial charge in [-0.25, -0.2) is 0 Å². The minimum Gasteiger partial charge on any atom is -0.333 e. The number of para-hydroxylation sites is 1. The van der Waals surface area contributed by atoms with Gasteiger partial charge in [0.25, 0.3) is 5.91 Å². The zero-order chi connectivity index (χ0) is 18.5. The van der Waals surface area contributed by atoms with Crippen molar-refractivity contribution in [2.75, 3.05) is 5.32 Å². The number of carbonyl (C=O) groups excluding carboxylic acids is 1. The van der Waals surface area contributed by atoms with Crippen molar-refractivity contribution in [2.24, 2.45) is 0 Å². The molecule has 0 saturated heterocycles. The number of rotatable bonds is 4. The highest BCUT2D eigenvalue weighted by molar-refractivity contribution is 9.10. The predicted octanol–water partition coefficient (Wildman–Crippen LogP) is 4.47. The Kier molecular flexibility index (Phi) is 5.17. The lowest BCUT2D eigenvalue weighted by Crippen LogP contribution is -2.13. The number of carbonyl (C=O) groups is 1. The third-order valence-corrected chi connectivity index (χ3v) is 4.36.